The number of halogens is 3. The van der Waals surface area contributed by atoms with Gasteiger partial charge in [-0.25, -0.2) is 4.39 Å². The minimum absolute atomic E-state index is 0. The predicted octanol–water partition coefficient (Wildman–Crippen LogP) is 3.63. The summed E-state index contributed by atoms with van der Waals surface area (Å²) in [5.41, 5.74) is 7.01. The van der Waals surface area contributed by atoms with Crippen molar-refractivity contribution in [1.29, 1.82) is 0 Å². The second-order valence-corrected chi connectivity index (χ2v) is 5.66. The molecule has 108 valence electrons. The van der Waals surface area contributed by atoms with Gasteiger partial charge in [-0.15, -0.1) is 12.4 Å². The standard InChI is InChI=1S/C14H20ClFN2.ClH/c1-9(17)12-5-6-18(8-12)10(2)11-3-4-14(16)13(15)7-11;/h3-4,7,9-10,12H,5-6,8,17H2,1-2H3;1H. The molecule has 0 radical (unpaired) electrons. The van der Waals surface area contributed by atoms with Crippen LogP contribution in [0.1, 0.15) is 31.9 Å². The molecule has 5 heteroatoms. The Morgan fingerprint density at radius 1 is 1.42 bits per heavy atom. The van der Waals surface area contributed by atoms with Crippen LogP contribution in [-0.4, -0.2) is 24.0 Å². The van der Waals surface area contributed by atoms with Crippen molar-refractivity contribution in [2.75, 3.05) is 13.1 Å². The van der Waals surface area contributed by atoms with Gasteiger partial charge in [0, 0.05) is 18.6 Å². The van der Waals surface area contributed by atoms with Crippen LogP contribution in [0.15, 0.2) is 18.2 Å². The highest BCUT2D eigenvalue weighted by Gasteiger charge is 2.28. The second-order valence-electron chi connectivity index (χ2n) is 5.25. The molecule has 3 atom stereocenters. The molecular weight excluding hydrogens is 286 g/mol. The van der Waals surface area contributed by atoms with Crippen LogP contribution in [0.3, 0.4) is 0 Å². The van der Waals surface area contributed by atoms with E-state index in [1.807, 2.05) is 6.07 Å². The van der Waals surface area contributed by atoms with Gasteiger partial charge < -0.3 is 5.73 Å². The van der Waals surface area contributed by atoms with Crippen LogP contribution in [0, 0.1) is 11.7 Å². The Labute approximate surface area is 125 Å². The van der Waals surface area contributed by atoms with Gasteiger partial charge in [-0.05, 0) is 50.4 Å². The van der Waals surface area contributed by atoms with Crippen molar-refractivity contribution >= 4 is 24.0 Å². The lowest BCUT2D eigenvalue weighted by molar-refractivity contribution is 0.248. The molecule has 1 aromatic rings. The van der Waals surface area contributed by atoms with Gasteiger partial charge in [0.25, 0.3) is 0 Å². The summed E-state index contributed by atoms with van der Waals surface area (Å²) >= 11 is 5.83. The highest BCUT2D eigenvalue weighted by Crippen LogP contribution is 2.30. The molecular formula is C14H21Cl2FN2. The normalized spacial score (nSPS) is 22.9. The maximum Gasteiger partial charge on any atom is 0.141 e. The smallest absolute Gasteiger partial charge is 0.141 e. The van der Waals surface area contributed by atoms with Gasteiger partial charge in [0.15, 0.2) is 0 Å². The lowest BCUT2D eigenvalue weighted by Gasteiger charge is -2.25. The molecule has 1 heterocycles. The Morgan fingerprint density at radius 3 is 2.63 bits per heavy atom. The fourth-order valence-electron chi connectivity index (χ4n) is 2.58. The fraction of sp³-hybridized carbons (Fsp3) is 0.571. The maximum absolute atomic E-state index is 13.1. The van der Waals surface area contributed by atoms with Gasteiger partial charge in [0.1, 0.15) is 5.82 Å². The Balaban J connectivity index is 0.00000180. The third-order valence-electron chi connectivity index (χ3n) is 3.97. The van der Waals surface area contributed by atoms with Crippen molar-refractivity contribution in [3.63, 3.8) is 0 Å². The van der Waals surface area contributed by atoms with Gasteiger partial charge in [-0.2, -0.15) is 0 Å². The highest BCUT2D eigenvalue weighted by atomic mass is 35.5. The van der Waals surface area contributed by atoms with Crippen molar-refractivity contribution in [3.05, 3.63) is 34.6 Å². The number of rotatable bonds is 3. The summed E-state index contributed by atoms with van der Waals surface area (Å²) in [6.07, 6.45) is 1.14. The topological polar surface area (TPSA) is 29.3 Å². The van der Waals surface area contributed by atoms with Gasteiger partial charge in [0.05, 0.1) is 5.02 Å². The van der Waals surface area contributed by atoms with Crippen molar-refractivity contribution < 1.29 is 4.39 Å². The maximum atomic E-state index is 13.1. The van der Waals surface area contributed by atoms with Crippen molar-refractivity contribution in [2.45, 2.75) is 32.4 Å². The Hall–Kier alpha value is -0.350. The van der Waals surface area contributed by atoms with Crippen LogP contribution in [0.4, 0.5) is 4.39 Å². The fourth-order valence-corrected chi connectivity index (χ4v) is 2.77. The van der Waals surface area contributed by atoms with Crippen LogP contribution >= 0.6 is 24.0 Å². The number of nitrogens with zero attached hydrogens (tertiary/aromatic N) is 1. The van der Waals surface area contributed by atoms with Crippen LogP contribution in [0.2, 0.25) is 5.02 Å². The lowest BCUT2D eigenvalue weighted by atomic mass is 10.0. The molecule has 1 aliphatic heterocycles. The van der Waals surface area contributed by atoms with Gasteiger partial charge in [0.2, 0.25) is 0 Å². The van der Waals surface area contributed by atoms with Gasteiger partial charge in [-0.3, -0.25) is 4.90 Å². The van der Waals surface area contributed by atoms with E-state index in [1.54, 1.807) is 6.07 Å². The van der Waals surface area contributed by atoms with Gasteiger partial charge >= 0.3 is 0 Å². The first kappa shape index (κ1) is 16.7. The molecule has 2 rings (SSSR count). The first-order chi connectivity index (χ1) is 8.49. The molecule has 0 amide bonds. The van der Waals surface area contributed by atoms with E-state index < -0.39 is 0 Å². The summed E-state index contributed by atoms with van der Waals surface area (Å²) in [5.74, 6) is 0.200. The molecule has 2 N–H and O–H groups in total. The predicted molar refractivity (Wildman–Crippen MR) is 80.4 cm³/mol. The first-order valence-electron chi connectivity index (χ1n) is 6.43. The summed E-state index contributed by atoms with van der Waals surface area (Å²) in [7, 11) is 0. The van der Waals surface area contributed by atoms with E-state index in [0.29, 0.717) is 5.92 Å². The molecule has 0 bridgehead atoms. The van der Waals surface area contributed by atoms with Crippen molar-refractivity contribution in [3.8, 4) is 0 Å². The van der Waals surface area contributed by atoms with Crippen LogP contribution in [0.5, 0.6) is 0 Å². The van der Waals surface area contributed by atoms with E-state index in [0.717, 1.165) is 25.1 Å². The molecule has 0 aliphatic carbocycles. The molecule has 19 heavy (non-hydrogen) atoms. The molecule has 1 aromatic carbocycles. The molecule has 2 nitrogen and oxygen atoms in total. The van der Waals surface area contributed by atoms with E-state index in [2.05, 4.69) is 18.7 Å². The molecule has 1 aliphatic rings. The molecule has 0 saturated carbocycles. The van der Waals surface area contributed by atoms with E-state index in [-0.39, 0.29) is 35.3 Å². The quantitative estimate of drug-likeness (QED) is 0.924. The Bertz CT molecular complexity index is 426. The van der Waals surface area contributed by atoms with Crippen LogP contribution in [-0.2, 0) is 0 Å². The highest BCUT2D eigenvalue weighted by molar-refractivity contribution is 6.30. The summed E-state index contributed by atoms with van der Waals surface area (Å²) in [4.78, 5) is 2.39. The second kappa shape index (κ2) is 6.89. The zero-order chi connectivity index (χ0) is 13.3. The molecule has 3 unspecified atom stereocenters. The van der Waals surface area contributed by atoms with Gasteiger partial charge in [-0.1, -0.05) is 17.7 Å². The number of nitrogens with two attached hydrogens (primary N) is 1. The van der Waals surface area contributed by atoms with E-state index in [9.17, 15) is 4.39 Å². The Kier molecular flexibility index (Phi) is 6.06. The monoisotopic (exact) mass is 306 g/mol. The Morgan fingerprint density at radius 2 is 2.11 bits per heavy atom. The number of hydrogen-bond acceptors (Lipinski definition) is 2. The summed E-state index contributed by atoms with van der Waals surface area (Å²) in [6, 6.07) is 5.46. The van der Waals surface area contributed by atoms with Crippen molar-refractivity contribution in [1.82, 2.24) is 4.90 Å². The molecule has 1 fully saturated rings. The number of benzene rings is 1. The first-order valence-corrected chi connectivity index (χ1v) is 6.81. The van der Waals surface area contributed by atoms with Crippen LogP contribution < -0.4 is 5.73 Å². The zero-order valence-corrected chi connectivity index (χ0v) is 12.8. The molecule has 0 aromatic heterocycles. The molecule has 0 spiro atoms. The minimum Gasteiger partial charge on any atom is -0.328 e. The zero-order valence-electron chi connectivity index (χ0n) is 11.3. The minimum atomic E-state index is -0.359. The largest absolute Gasteiger partial charge is 0.328 e. The SMILES string of the molecule is CC(N)C1CCN(C(C)c2ccc(F)c(Cl)c2)C1.Cl. The number of likely N-dealkylation sites (tertiary alicyclic amines) is 1. The van der Waals surface area contributed by atoms with Crippen molar-refractivity contribution in [2.24, 2.45) is 11.7 Å². The average molecular weight is 307 g/mol. The number of hydrogen-bond donors (Lipinski definition) is 1. The van der Waals surface area contributed by atoms with E-state index in [4.69, 9.17) is 17.3 Å². The van der Waals surface area contributed by atoms with E-state index >= 15 is 0 Å². The lowest BCUT2D eigenvalue weighted by Crippen LogP contribution is -2.31. The van der Waals surface area contributed by atoms with Crippen LogP contribution in [0.25, 0.3) is 0 Å². The summed E-state index contributed by atoms with van der Waals surface area (Å²) < 4.78 is 13.1. The molecule has 1 saturated heterocycles. The average Bonchev–Trinajstić information content (AvgIpc) is 2.81. The third-order valence-corrected chi connectivity index (χ3v) is 4.26. The van der Waals surface area contributed by atoms with E-state index in [1.165, 1.54) is 6.07 Å². The summed E-state index contributed by atoms with van der Waals surface area (Å²) in [5, 5.41) is 0.197. The third kappa shape index (κ3) is 3.82. The summed E-state index contributed by atoms with van der Waals surface area (Å²) in [6.45, 7) is 6.25.